The fraction of sp³-hybridized carbons (Fsp3) is 0.368. The van der Waals surface area contributed by atoms with E-state index in [2.05, 4.69) is 9.97 Å². The van der Waals surface area contributed by atoms with Gasteiger partial charge in [0.2, 0.25) is 0 Å². The summed E-state index contributed by atoms with van der Waals surface area (Å²) >= 11 is 3.28. The van der Waals surface area contributed by atoms with Crippen LogP contribution in [0.5, 0.6) is 5.75 Å². The minimum atomic E-state index is -0.711. The van der Waals surface area contributed by atoms with Gasteiger partial charge in [-0.2, -0.15) is 0 Å². The second-order valence-electron chi connectivity index (χ2n) is 6.32. The van der Waals surface area contributed by atoms with E-state index in [4.69, 9.17) is 4.74 Å². The number of fused-ring (bicyclic) bond motifs is 3. The molecule has 0 bridgehead atoms. The highest BCUT2D eigenvalue weighted by molar-refractivity contribution is 7.99. The number of nitrogens with zero attached hydrogens (tertiary/aromatic N) is 2. The average Bonchev–Trinajstić information content (AvgIpc) is 3.19. The largest absolute Gasteiger partial charge is 0.488 e. The Labute approximate surface area is 159 Å². The van der Waals surface area contributed by atoms with E-state index in [1.807, 2.05) is 6.92 Å². The van der Waals surface area contributed by atoms with E-state index in [-0.39, 0.29) is 12.4 Å². The first kappa shape index (κ1) is 17.7. The zero-order chi connectivity index (χ0) is 18.1. The quantitative estimate of drug-likeness (QED) is 0.506. The number of thiophene rings is 1. The Bertz CT molecular complexity index is 945. The number of para-hydroxylation sites is 1. The van der Waals surface area contributed by atoms with E-state index in [1.54, 1.807) is 29.5 Å². The van der Waals surface area contributed by atoms with E-state index < -0.39 is 11.9 Å². The Morgan fingerprint density at radius 3 is 3.00 bits per heavy atom. The number of rotatable bonds is 6. The molecule has 1 aromatic carbocycles. The van der Waals surface area contributed by atoms with Crippen LogP contribution in [0.25, 0.3) is 10.2 Å². The van der Waals surface area contributed by atoms with Crippen molar-refractivity contribution in [2.24, 2.45) is 0 Å². The molecule has 0 saturated carbocycles. The van der Waals surface area contributed by atoms with Gasteiger partial charge in [0.1, 0.15) is 22.3 Å². The summed E-state index contributed by atoms with van der Waals surface area (Å²) in [5, 5.41) is 12.3. The number of benzene rings is 1. The molecule has 0 aliphatic heterocycles. The summed E-state index contributed by atoms with van der Waals surface area (Å²) in [6.45, 7) is 1.94. The van der Waals surface area contributed by atoms with E-state index in [0.29, 0.717) is 5.75 Å². The van der Waals surface area contributed by atoms with Crippen molar-refractivity contribution >= 4 is 33.3 Å². The van der Waals surface area contributed by atoms with Gasteiger partial charge in [-0.25, -0.2) is 14.4 Å². The summed E-state index contributed by atoms with van der Waals surface area (Å²) in [6.07, 6.45) is 2.68. The van der Waals surface area contributed by atoms with Gasteiger partial charge >= 0.3 is 0 Å². The summed E-state index contributed by atoms with van der Waals surface area (Å²) in [5.41, 5.74) is 1.38. The smallest absolute Gasteiger partial charge is 0.165 e. The number of aliphatic hydroxyl groups is 1. The number of aromatic nitrogens is 2. The van der Waals surface area contributed by atoms with Crippen LogP contribution < -0.4 is 4.74 Å². The van der Waals surface area contributed by atoms with Crippen LogP contribution in [-0.2, 0) is 12.8 Å². The molecule has 4 rings (SSSR count). The first-order chi connectivity index (χ1) is 12.6. The van der Waals surface area contributed by atoms with E-state index in [1.165, 1.54) is 34.7 Å². The Kier molecular flexibility index (Phi) is 5.11. The molecule has 7 heteroatoms. The molecule has 1 aliphatic rings. The van der Waals surface area contributed by atoms with Crippen LogP contribution in [0.1, 0.15) is 22.7 Å². The second kappa shape index (κ2) is 7.50. The minimum Gasteiger partial charge on any atom is -0.488 e. The first-order valence-corrected chi connectivity index (χ1v) is 10.4. The molecular formula is C19H19FN2O2S2. The van der Waals surface area contributed by atoms with E-state index in [9.17, 15) is 9.50 Å². The fourth-order valence-electron chi connectivity index (χ4n) is 3.14. The van der Waals surface area contributed by atoms with Crippen LogP contribution in [-0.4, -0.2) is 33.5 Å². The van der Waals surface area contributed by atoms with Crippen molar-refractivity contribution in [1.29, 1.82) is 0 Å². The van der Waals surface area contributed by atoms with Gasteiger partial charge in [-0.05, 0) is 43.9 Å². The standard InChI is InChI=1S/C19H19FN2O2S2/c1-11-21-18(17-13-5-4-8-16(13)26-19(17)22-11)25-10-12(23)9-24-15-7-3-2-6-14(15)20/h2-3,6-7,12,23H,4-5,8-10H2,1H3/t12-/m0/s1. The zero-order valence-electron chi connectivity index (χ0n) is 14.4. The normalized spacial score (nSPS) is 14.6. The van der Waals surface area contributed by atoms with Crippen molar-refractivity contribution in [2.45, 2.75) is 37.3 Å². The molecule has 0 fully saturated rings. The lowest BCUT2D eigenvalue weighted by atomic mass is 10.2. The van der Waals surface area contributed by atoms with E-state index in [0.717, 1.165) is 33.9 Å². The summed E-state index contributed by atoms with van der Waals surface area (Å²) in [7, 11) is 0. The topological polar surface area (TPSA) is 55.2 Å². The second-order valence-corrected chi connectivity index (χ2v) is 8.41. The molecule has 2 heterocycles. The van der Waals surface area contributed by atoms with Gasteiger partial charge in [0, 0.05) is 16.0 Å². The third kappa shape index (κ3) is 3.56. The van der Waals surface area contributed by atoms with Gasteiger partial charge in [-0.3, -0.25) is 0 Å². The summed E-state index contributed by atoms with van der Waals surface area (Å²) in [6, 6.07) is 6.21. The van der Waals surface area contributed by atoms with Crippen LogP contribution in [0, 0.1) is 12.7 Å². The third-order valence-electron chi connectivity index (χ3n) is 4.32. The number of hydrogen-bond donors (Lipinski definition) is 1. The number of halogens is 1. The van der Waals surface area contributed by atoms with Crippen molar-refractivity contribution in [2.75, 3.05) is 12.4 Å². The highest BCUT2D eigenvalue weighted by atomic mass is 32.2. The summed E-state index contributed by atoms with van der Waals surface area (Å²) < 4.78 is 19.0. The Morgan fingerprint density at radius 1 is 1.31 bits per heavy atom. The fourth-order valence-corrected chi connectivity index (χ4v) is 5.52. The lowest BCUT2D eigenvalue weighted by molar-refractivity contribution is 0.123. The van der Waals surface area contributed by atoms with Gasteiger partial charge in [0.25, 0.3) is 0 Å². The first-order valence-electron chi connectivity index (χ1n) is 8.59. The predicted molar refractivity (Wildman–Crippen MR) is 103 cm³/mol. The van der Waals surface area contributed by atoms with Crippen LogP contribution in [0.4, 0.5) is 4.39 Å². The maximum atomic E-state index is 13.6. The van der Waals surface area contributed by atoms with Gasteiger partial charge in [-0.15, -0.1) is 23.1 Å². The molecule has 1 aliphatic carbocycles. The molecule has 1 atom stereocenters. The predicted octanol–water partition coefficient (Wildman–Crippen LogP) is 4.16. The van der Waals surface area contributed by atoms with Crippen molar-refractivity contribution < 1.29 is 14.2 Å². The molecule has 1 N–H and O–H groups in total. The van der Waals surface area contributed by atoms with Crippen molar-refractivity contribution in [1.82, 2.24) is 9.97 Å². The van der Waals surface area contributed by atoms with E-state index >= 15 is 0 Å². The number of thioether (sulfide) groups is 1. The van der Waals surface area contributed by atoms with Crippen LogP contribution in [0.15, 0.2) is 29.3 Å². The molecule has 26 heavy (non-hydrogen) atoms. The van der Waals surface area contributed by atoms with Gasteiger partial charge in [0.05, 0.1) is 6.10 Å². The maximum absolute atomic E-state index is 13.6. The number of ether oxygens (including phenoxy) is 1. The lowest BCUT2D eigenvalue weighted by Gasteiger charge is -2.13. The molecule has 2 aromatic heterocycles. The van der Waals surface area contributed by atoms with Crippen LogP contribution >= 0.6 is 23.1 Å². The minimum absolute atomic E-state index is 0.0445. The van der Waals surface area contributed by atoms with Crippen molar-refractivity contribution in [3.63, 3.8) is 0 Å². The molecule has 0 saturated heterocycles. The van der Waals surface area contributed by atoms with Crippen molar-refractivity contribution in [3.8, 4) is 5.75 Å². The Balaban J connectivity index is 1.45. The highest BCUT2D eigenvalue weighted by Gasteiger charge is 2.22. The molecule has 136 valence electrons. The van der Waals surface area contributed by atoms with Crippen LogP contribution in [0.3, 0.4) is 0 Å². The number of aliphatic hydroxyl groups excluding tert-OH is 1. The van der Waals surface area contributed by atoms with Gasteiger partial charge < -0.3 is 9.84 Å². The molecule has 0 unspecified atom stereocenters. The average molecular weight is 391 g/mol. The number of hydrogen-bond acceptors (Lipinski definition) is 6. The third-order valence-corrected chi connectivity index (χ3v) is 6.63. The lowest BCUT2D eigenvalue weighted by Crippen LogP contribution is -2.20. The van der Waals surface area contributed by atoms with Crippen molar-refractivity contribution in [3.05, 3.63) is 46.3 Å². The molecule has 0 spiro atoms. The molecular weight excluding hydrogens is 371 g/mol. The van der Waals surface area contributed by atoms with Gasteiger partial charge in [-0.1, -0.05) is 12.1 Å². The molecule has 3 aromatic rings. The molecule has 0 amide bonds. The SMILES string of the molecule is Cc1nc(SC[C@@H](O)COc2ccccc2F)c2c3c(sc2n1)CCC3. The number of aryl methyl sites for hydroxylation is 3. The summed E-state index contributed by atoms with van der Waals surface area (Å²) in [4.78, 5) is 11.6. The maximum Gasteiger partial charge on any atom is 0.165 e. The monoisotopic (exact) mass is 390 g/mol. The zero-order valence-corrected chi connectivity index (χ0v) is 16.0. The van der Waals surface area contributed by atoms with Gasteiger partial charge in [0.15, 0.2) is 11.6 Å². The van der Waals surface area contributed by atoms with Crippen LogP contribution in [0.2, 0.25) is 0 Å². The summed E-state index contributed by atoms with van der Waals surface area (Å²) in [5.74, 6) is 0.920. The Morgan fingerprint density at radius 2 is 2.15 bits per heavy atom. The Hall–Kier alpha value is -1.70. The molecule has 0 radical (unpaired) electrons. The highest BCUT2D eigenvalue weighted by Crippen LogP contribution is 2.40. The molecule has 4 nitrogen and oxygen atoms in total.